The fourth-order valence-electron chi connectivity index (χ4n) is 6.39. The van der Waals surface area contributed by atoms with Crippen LogP contribution in [0.2, 0.25) is 0 Å². The van der Waals surface area contributed by atoms with Crippen LogP contribution < -0.4 is 5.48 Å². The van der Waals surface area contributed by atoms with Gasteiger partial charge in [-0.3, -0.25) is 9.63 Å². The molecule has 3 fully saturated rings. The van der Waals surface area contributed by atoms with E-state index < -0.39 is 0 Å². The standard InChI is InChI=1S/C25H46N4O4/c1-8-20(14-27(7)15-22-11-18(5)33-26-22)21-9-10-23-24(12-21)28(25(31)32-16(2)3)13-17(4)29(23)19(6)30/h16-18,20-24,26H,8-15H2,1-7H3/t17-,18?,20?,21?,22?,23?,24?/m0/s1. The SMILES string of the molecule is CCC(CN(C)CC1CC(C)ON1)C1CCC2C(C1)N(C(=O)OC(C)C)C[C@H](C)N2C(C)=O. The summed E-state index contributed by atoms with van der Waals surface area (Å²) in [5, 5.41) is 0. The van der Waals surface area contributed by atoms with Gasteiger partial charge in [0.05, 0.1) is 24.3 Å². The molecule has 190 valence electrons. The number of ether oxygens (including phenoxy) is 1. The second-order valence-corrected chi connectivity index (χ2v) is 10.9. The van der Waals surface area contributed by atoms with Crippen molar-refractivity contribution in [2.24, 2.45) is 11.8 Å². The first-order chi connectivity index (χ1) is 15.6. The van der Waals surface area contributed by atoms with E-state index in [1.165, 1.54) is 0 Å². The molecule has 0 spiro atoms. The average molecular weight is 467 g/mol. The molecule has 0 aromatic rings. The Morgan fingerprint density at radius 2 is 1.91 bits per heavy atom. The zero-order valence-electron chi connectivity index (χ0n) is 21.8. The van der Waals surface area contributed by atoms with Gasteiger partial charge in [0, 0.05) is 38.6 Å². The molecule has 2 aliphatic heterocycles. The number of hydrogen-bond donors (Lipinski definition) is 1. The molecule has 3 rings (SSSR count). The van der Waals surface area contributed by atoms with E-state index in [4.69, 9.17) is 9.57 Å². The fourth-order valence-corrected chi connectivity index (χ4v) is 6.39. The fraction of sp³-hybridized carbons (Fsp3) is 0.920. The lowest BCUT2D eigenvalue weighted by Crippen LogP contribution is -2.67. The zero-order chi connectivity index (χ0) is 24.3. The van der Waals surface area contributed by atoms with Crippen molar-refractivity contribution in [3.05, 3.63) is 0 Å². The number of carbonyl (C=O) groups is 2. The Morgan fingerprint density at radius 3 is 2.48 bits per heavy atom. The minimum Gasteiger partial charge on any atom is -0.447 e. The van der Waals surface area contributed by atoms with Crippen molar-refractivity contribution in [2.45, 2.75) is 110 Å². The van der Waals surface area contributed by atoms with E-state index in [9.17, 15) is 9.59 Å². The van der Waals surface area contributed by atoms with Gasteiger partial charge >= 0.3 is 6.09 Å². The van der Waals surface area contributed by atoms with Crippen molar-refractivity contribution in [3.63, 3.8) is 0 Å². The Hall–Kier alpha value is -1.38. The van der Waals surface area contributed by atoms with Crippen molar-refractivity contribution in [1.29, 1.82) is 0 Å². The molecule has 33 heavy (non-hydrogen) atoms. The molecular formula is C25H46N4O4. The van der Waals surface area contributed by atoms with Gasteiger partial charge in [0.15, 0.2) is 0 Å². The van der Waals surface area contributed by atoms with Gasteiger partial charge in [0.1, 0.15) is 0 Å². The zero-order valence-corrected chi connectivity index (χ0v) is 21.8. The van der Waals surface area contributed by atoms with Crippen LogP contribution in [0.1, 0.15) is 73.6 Å². The predicted octanol–water partition coefficient (Wildman–Crippen LogP) is 3.26. The third-order valence-electron chi connectivity index (χ3n) is 7.77. The molecule has 2 heterocycles. The van der Waals surface area contributed by atoms with Crippen molar-refractivity contribution < 1.29 is 19.2 Å². The third-order valence-corrected chi connectivity index (χ3v) is 7.77. The monoisotopic (exact) mass is 466 g/mol. The van der Waals surface area contributed by atoms with Gasteiger partial charge in [-0.15, -0.1) is 0 Å². The van der Waals surface area contributed by atoms with Gasteiger partial charge in [0.25, 0.3) is 0 Å². The predicted molar refractivity (Wildman–Crippen MR) is 129 cm³/mol. The Morgan fingerprint density at radius 1 is 1.18 bits per heavy atom. The summed E-state index contributed by atoms with van der Waals surface area (Å²) in [6.45, 7) is 14.4. The number of likely N-dealkylation sites (N-methyl/N-ethyl adjacent to an activating group) is 1. The lowest BCUT2D eigenvalue weighted by Gasteiger charge is -2.54. The number of fused-ring (bicyclic) bond motifs is 1. The lowest BCUT2D eigenvalue weighted by molar-refractivity contribution is -0.142. The molecule has 8 heteroatoms. The highest BCUT2D eigenvalue weighted by atomic mass is 16.7. The molecule has 0 aromatic heterocycles. The second-order valence-electron chi connectivity index (χ2n) is 10.9. The van der Waals surface area contributed by atoms with Crippen LogP contribution in [0, 0.1) is 11.8 Å². The van der Waals surface area contributed by atoms with Crippen molar-refractivity contribution in [2.75, 3.05) is 26.7 Å². The topological polar surface area (TPSA) is 74.4 Å². The molecule has 8 nitrogen and oxygen atoms in total. The lowest BCUT2D eigenvalue weighted by atomic mass is 9.72. The van der Waals surface area contributed by atoms with Gasteiger partial charge in [-0.2, -0.15) is 5.48 Å². The van der Waals surface area contributed by atoms with Crippen LogP contribution >= 0.6 is 0 Å². The van der Waals surface area contributed by atoms with Crippen LogP contribution in [-0.2, 0) is 14.4 Å². The first-order valence-electron chi connectivity index (χ1n) is 13.0. The van der Waals surface area contributed by atoms with Crippen molar-refractivity contribution in [3.8, 4) is 0 Å². The summed E-state index contributed by atoms with van der Waals surface area (Å²) in [6.07, 6.45) is 5.02. The highest BCUT2D eigenvalue weighted by Gasteiger charge is 2.47. The first-order valence-corrected chi connectivity index (χ1v) is 13.0. The largest absolute Gasteiger partial charge is 0.447 e. The van der Waals surface area contributed by atoms with Crippen LogP contribution in [0.5, 0.6) is 0 Å². The van der Waals surface area contributed by atoms with E-state index in [1.54, 1.807) is 6.92 Å². The number of carbonyl (C=O) groups excluding carboxylic acids is 2. The molecule has 2 amide bonds. The maximum atomic E-state index is 13.0. The minimum atomic E-state index is -0.234. The third kappa shape index (κ3) is 6.40. The second kappa shape index (κ2) is 11.4. The van der Waals surface area contributed by atoms with E-state index in [1.807, 2.05) is 30.6 Å². The highest BCUT2D eigenvalue weighted by molar-refractivity contribution is 5.75. The number of rotatable bonds is 7. The van der Waals surface area contributed by atoms with E-state index >= 15 is 0 Å². The number of amides is 2. The molecule has 0 radical (unpaired) electrons. The molecule has 0 bridgehead atoms. The molecule has 1 saturated carbocycles. The van der Waals surface area contributed by atoms with Crippen LogP contribution in [0.3, 0.4) is 0 Å². The average Bonchev–Trinajstić information content (AvgIpc) is 3.14. The van der Waals surface area contributed by atoms with Gasteiger partial charge in [0.2, 0.25) is 5.91 Å². The summed E-state index contributed by atoms with van der Waals surface area (Å²) < 4.78 is 5.61. The number of piperazine rings is 1. The van der Waals surface area contributed by atoms with Gasteiger partial charge in [-0.05, 0) is 72.3 Å². The maximum Gasteiger partial charge on any atom is 0.410 e. The number of nitrogens with one attached hydrogen (secondary N) is 1. The van der Waals surface area contributed by atoms with E-state index in [0.29, 0.717) is 24.4 Å². The summed E-state index contributed by atoms with van der Waals surface area (Å²) >= 11 is 0. The summed E-state index contributed by atoms with van der Waals surface area (Å²) in [4.78, 5) is 37.4. The smallest absolute Gasteiger partial charge is 0.410 e. The van der Waals surface area contributed by atoms with Crippen molar-refractivity contribution in [1.82, 2.24) is 20.2 Å². The molecular weight excluding hydrogens is 420 g/mol. The maximum absolute atomic E-state index is 13.0. The summed E-state index contributed by atoms with van der Waals surface area (Å²) in [7, 11) is 2.20. The van der Waals surface area contributed by atoms with Crippen LogP contribution in [0.4, 0.5) is 4.79 Å². The molecule has 2 saturated heterocycles. The van der Waals surface area contributed by atoms with E-state index in [2.05, 4.69) is 31.3 Å². The van der Waals surface area contributed by atoms with Crippen LogP contribution in [0.25, 0.3) is 0 Å². The van der Waals surface area contributed by atoms with Gasteiger partial charge in [-0.25, -0.2) is 4.79 Å². The van der Waals surface area contributed by atoms with E-state index in [0.717, 1.165) is 45.2 Å². The Labute approximate surface area is 200 Å². The Kier molecular flexibility index (Phi) is 9.03. The Bertz CT molecular complexity index is 675. The number of hydrogen-bond acceptors (Lipinski definition) is 6. The molecule has 3 aliphatic rings. The first kappa shape index (κ1) is 26.2. The van der Waals surface area contributed by atoms with Gasteiger partial charge in [-0.1, -0.05) is 13.3 Å². The molecule has 0 aromatic carbocycles. The molecule has 6 unspecified atom stereocenters. The summed E-state index contributed by atoms with van der Waals surface area (Å²) in [5.74, 6) is 1.20. The van der Waals surface area contributed by atoms with Gasteiger partial charge < -0.3 is 19.4 Å². The van der Waals surface area contributed by atoms with Crippen molar-refractivity contribution >= 4 is 12.0 Å². The normalized spacial score (nSPS) is 33.4. The summed E-state index contributed by atoms with van der Waals surface area (Å²) in [5.41, 5.74) is 3.16. The molecule has 1 N–H and O–H groups in total. The van der Waals surface area contributed by atoms with Crippen LogP contribution in [0.15, 0.2) is 0 Å². The van der Waals surface area contributed by atoms with Crippen LogP contribution in [-0.4, -0.2) is 89.8 Å². The molecule has 1 aliphatic carbocycles. The molecule has 7 atom stereocenters. The van der Waals surface area contributed by atoms with E-state index in [-0.39, 0.29) is 42.3 Å². The number of nitrogens with zero attached hydrogens (tertiary/aromatic N) is 3. The quantitative estimate of drug-likeness (QED) is 0.621. The minimum absolute atomic E-state index is 0.0108. The number of hydroxylamine groups is 1. The Balaban J connectivity index is 1.69. The summed E-state index contributed by atoms with van der Waals surface area (Å²) in [6, 6.07) is 0.499. The highest BCUT2D eigenvalue weighted by Crippen LogP contribution is 2.40.